The largest absolute Gasteiger partial charge is 0.372 e. The lowest BCUT2D eigenvalue weighted by Gasteiger charge is -2.32. The summed E-state index contributed by atoms with van der Waals surface area (Å²) in [7, 11) is 0. The van der Waals surface area contributed by atoms with Crippen molar-refractivity contribution in [1.82, 2.24) is 10.6 Å². The normalized spacial score (nSPS) is 24.1. The van der Waals surface area contributed by atoms with E-state index in [4.69, 9.17) is 5.73 Å². The molecular formula is C20H30N4O2. The molecule has 3 amide bonds. The van der Waals surface area contributed by atoms with Crippen LogP contribution in [-0.2, 0) is 0 Å². The van der Waals surface area contributed by atoms with Crippen molar-refractivity contribution in [2.75, 3.05) is 18.0 Å². The molecule has 0 spiro atoms. The molecule has 1 saturated heterocycles. The third-order valence-electron chi connectivity index (χ3n) is 5.69. The van der Waals surface area contributed by atoms with E-state index in [0.29, 0.717) is 5.56 Å². The number of hydrogen-bond donors (Lipinski definition) is 3. The lowest BCUT2D eigenvalue weighted by atomic mass is 9.91. The predicted molar refractivity (Wildman–Crippen MR) is 103 cm³/mol. The third kappa shape index (κ3) is 4.90. The molecule has 6 nitrogen and oxygen atoms in total. The van der Waals surface area contributed by atoms with Gasteiger partial charge in [-0.15, -0.1) is 0 Å². The van der Waals surface area contributed by atoms with Crippen LogP contribution in [0.3, 0.4) is 0 Å². The van der Waals surface area contributed by atoms with Gasteiger partial charge in [0.05, 0.1) is 0 Å². The summed E-state index contributed by atoms with van der Waals surface area (Å²) < 4.78 is 0. The van der Waals surface area contributed by atoms with Gasteiger partial charge >= 0.3 is 6.03 Å². The Bertz CT molecular complexity index is 615. The molecule has 0 aromatic heterocycles. The number of nitrogens with zero attached hydrogens (tertiary/aromatic N) is 1. The molecule has 2 fully saturated rings. The Labute approximate surface area is 155 Å². The molecule has 1 aliphatic heterocycles. The van der Waals surface area contributed by atoms with Crippen molar-refractivity contribution in [3.63, 3.8) is 0 Å². The van der Waals surface area contributed by atoms with E-state index in [-0.39, 0.29) is 18.0 Å². The van der Waals surface area contributed by atoms with Crippen molar-refractivity contribution in [3.8, 4) is 0 Å². The molecule has 26 heavy (non-hydrogen) atoms. The number of anilines is 1. The summed E-state index contributed by atoms with van der Waals surface area (Å²) in [5.74, 6) is 0.791. The molecular weight excluding hydrogens is 328 g/mol. The first-order chi connectivity index (χ1) is 12.5. The maximum atomic E-state index is 12.5. The number of hydrogen-bond acceptors (Lipinski definition) is 3. The van der Waals surface area contributed by atoms with Crippen LogP contribution in [0.25, 0.3) is 0 Å². The van der Waals surface area contributed by atoms with Crippen LogP contribution in [0.15, 0.2) is 24.3 Å². The Morgan fingerprint density at radius 2 is 1.46 bits per heavy atom. The Hall–Kier alpha value is -2.24. The smallest absolute Gasteiger partial charge is 0.312 e. The van der Waals surface area contributed by atoms with E-state index in [1.165, 1.54) is 18.5 Å². The van der Waals surface area contributed by atoms with E-state index in [9.17, 15) is 9.59 Å². The van der Waals surface area contributed by atoms with Crippen molar-refractivity contribution in [2.24, 2.45) is 11.7 Å². The Morgan fingerprint density at radius 3 is 2.00 bits per heavy atom. The molecule has 2 aliphatic rings. The molecule has 0 bridgehead atoms. The van der Waals surface area contributed by atoms with Gasteiger partial charge in [0.2, 0.25) is 0 Å². The first kappa shape index (κ1) is 18.5. The van der Waals surface area contributed by atoms with E-state index in [1.807, 2.05) is 12.1 Å². The molecule has 4 N–H and O–H groups in total. The number of rotatable bonds is 4. The van der Waals surface area contributed by atoms with E-state index < -0.39 is 6.03 Å². The molecule has 1 heterocycles. The highest BCUT2D eigenvalue weighted by atomic mass is 16.2. The van der Waals surface area contributed by atoms with Crippen LogP contribution >= 0.6 is 0 Å². The minimum atomic E-state index is -0.472. The van der Waals surface area contributed by atoms with Gasteiger partial charge in [-0.2, -0.15) is 0 Å². The van der Waals surface area contributed by atoms with E-state index in [1.54, 1.807) is 0 Å². The fraction of sp³-hybridized carbons (Fsp3) is 0.600. The van der Waals surface area contributed by atoms with Crippen molar-refractivity contribution >= 4 is 17.6 Å². The lowest BCUT2D eigenvalue weighted by molar-refractivity contribution is 0.0924. The zero-order valence-corrected chi connectivity index (χ0v) is 15.5. The van der Waals surface area contributed by atoms with Gasteiger partial charge in [0, 0.05) is 36.4 Å². The molecule has 3 rings (SSSR count). The molecule has 1 aromatic carbocycles. The fourth-order valence-electron chi connectivity index (χ4n) is 3.94. The van der Waals surface area contributed by atoms with Crippen molar-refractivity contribution in [3.05, 3.63) is 29.8 Å². The van der Waals surface area contributed by atoms with Crippen LogP contribution in [0.5, 0.6) is 0 Å². The number of carbonyl (C=O) groups excluding carboxylic acids is 2. The average Bonchev–Trinajstić information content (AvgIpc) is 2.64. The van der Waals surface area contributed by atoms with Gasteiger partial charge in [-0.3, -0.25) is 4.79 Å². The topological polar surface area (TPSA) is 87.5 Å². The van der Waals surface area contributed by atoms with Crippen LogP contribution in [0.1, 0.15) is 55.8 Å². The van der Waals surface area contributed by atoms with E-state index >= 15 is 0 Å². The fourth-order valence-corrected chi connectivity index (χ4v) is 3.94. The summed E-state index contributed by atoms with van der Waals surface area (Å²) in [6, 6.07) is 7.77. The Kier molecular flexibility index (Phi) is 6.01. The van der Waals surface area contributed by atoms with E-state index in [2.05, 4.69) is 34.6 Å². The minimum Gasteiger partial charge on any atom is -0.372 e. The quantitative estimate of drug-likeness (QED) is 0.773. The molecule has 142 valence electrons. The predicted octanol–water partition coefficient (Wildman–Crippen LogP) is 2.63. The van der Waals surface area contributed by atoms with E-state index in [0.717, 1.165) is 44.7 Å². The van der Waals surface area contributed by atoms with Gasteiger partial charge in [0.25, 0.3) is 5.91 Å². The van der Waals surface area contributed by atoms with Crippen LogP contribution in [0, 0.1) is 5.92 Å². The van der Waals surface area contributed by atoms with Gasteiger partial charge in [0.1, 0.15) is 0 Å². The zero-order chi connectivity index (χ0) is 18.5. The summed E-state index contributed by atoms with van der Waals surface area (Å²) in [4.78, 5) is 25.8. The number of nitrogens with one attached hydrogen (secondary N) is 2. The minimum absolute atomic E-state index is 0.0184. The summed E-state index contributed by atoms with van der Waals surface area (Å²) in [6.45, 7) is 4.49. The first-order valence-corrected chi connectivity index (χ1v) is 9.73. The highest BCUT2D eigenvalue weighted by Crippen LogP contribution is 2.23. The molecule has 1 aromatic rings. The number of piperidine rings is 1. The zero-order valence-electron chi connectivity index (χ0n) is 15.5. The molecule has 0 unspecified atom stereocenters. The summed E-state index contributed by atoms with van der Waals surface area (Å²) in [5, 5.41) is 5.87. The van der Waals surface area contributed by atoms with Crippen molar-refractivity contribution in [2.45, 2.75) is 57.5 Å². The Morgan fingerprint density at radius 1 is 0.923 bits per heavy atom. The summed E-state index contributed by atoms with van der Waals surface area (Å²) in [5.41, 5.74) is 7.07. The van der Waals surface area contributed by atoms with Crippen molar-refractivity contribution in [1.29, 1.82) is 0 Å². The standard InChI is InChI=1S/C20H30N4O2/c1-14-10-12-24(13-11-14)18-8-2-15(3-9-18)19(25)22-16-4-6-17(7-5-16)23-20(21)26/h2-3,8-9,14,16-17H,4-7,10-13H2,1H3,(H,22,25)(H3,21,23,26). The van der Waals surface area contributed by atoms with Crippen LogP contribution in [-0.4, -0.2) is 37.1 Å². The number of urea groups is 1. The maximum absolute atomic E-state index is 12.5. The second-order valence-corrected chi connectivity index (χ2v) is 7.75. The molecule has 1 aliphatic carbocycles. The molecule has 0 radical (unpaired) electrons. The van der Waals surface area contributed by atoms with Gasteiger partial charge in [-0.25, -0.2) is 4.79 Å². The monoisotopic (exact) mass is 358 g/mol. The highest BCUT2D eigenvalue weighted by Gasteiger charge is 2.23. The number of amides is 3. The molecule has 6 heteroatoms. The second-order valence-electron chi connectivity index (χ2n) is 7.75. The molecule has 1 saturated carbocycles. The number of nitrogens with two attached hydrogens (primary N) is 1. The number of benzene rings is 1. The first-order valence-electron chi connectivity index (χ1n) is 9.73. The lowest BCUT2D eigenvalue weighted by Crippen LogP contribution is -2.45. The van der Waals surface area contributed by atoms with Crippen LogP contribution in [0.4, 0.5) is 10.5 Å². The number of carbonyl (C=O) groups is 2. The van der Waals surface area contributed by atoms with Gasteiger partial charge in [-0.05, 0) is 68.7 Å². The second kappa shape index (κ2) is 8.43. The summed E-state index contributed by atoms with van der Waals surface area (Å²) >= 11 is 0. The van der Waals surface area contributed by atoms with Crippen molar-refractivity contribution < 1.29 is 9.59 Å². The average molecular weight is 358 g/mol. The highest BCUT2D eigenvalue weighted by molar-refractivity contribution is 5.94. The Balaban J connectivity index is 1.48. The molecule has 0 atom stereocenters. The van der Waals surface area contributed by atoms with Gasteiger partial charge in [-0.1, -0.05) is 6.92 Å². The van der Waals surface area contributed by atoms with Crippen LogP contribution < -0.4 is 21.3 Å². The maximum Gasteiger partial charge on any atom is 0.312 e. The third-order valence-corrected chi connectivity index (χ3v) is 5.69. The van der Waals surface area contributed by atoms with Gasteiger partial charge < -0.3 is 21.3 Å². The summed E-state index contributed by atoms with van der Waals surface area (Å²) in [6.07, 6.45) is 5.88. The van der Waals surface area contributed by atoms with Crippen LogP contribution in [0.2, 0.25) is 0 Å². The SMILES string of the molecule is CC1CCN(c2ccc(C(=O)NC3CCC(NC(N)=O)CC3)cc2)CC1. The van der Waals surface area contributed by atoms with Gasteiger partial charge in [0.15, 0.2) is 0 Å². The number of primary amides is 1.